The van der Waals surface area contributed by atoms with Crippen molar-refractivity contribution in [2.75, 3.05) is 19.6 Å². The van der Waals surface area contributed by atoms with Gasteiger partial charge in [0.25, 0.3) is 0 Å². The van der Waals surface area contributed by atoms with E-state index < -0.39 is 0 Å². The fourth-order valence-corrected chi connectivity index (χ4v) is 2.76. The number of hydrogen-bond acceptors (Lipinski definition) is 3. The molecule has 1 fully saturated rings. The molecule has 5 nitrogen and oxygen atoms in total. The third-order valence-electron chi connectivity index (χ3n) is 3.86. The molecule has 0 aliphatic carbocycles. The standard InChI is InChI=1S/C16H26N4O/c1-4-20-8-6-17-15(20)12-19-7-5-14(11-19)10-18-16(21)9-13(2)3/h6,8-9,14H,4-5,7,10-12H2,1-3H3,(H,18,21)/t14-/m0/s1. The van der Waals surface area contributed by atoms with Crippen LogP contribution in [-0.4, -0.2) is 40.0 Å². The number of carbonyl (C=O) groups excluding carboxylic acids is 1. The maximum Gasteiger partial charge on any atom is 0.243 e. The molecule has 116 valence electrons. The van der Waals surface area contributed by atoms with Crippen LogP contribution >= 0.6 is 0 Å². The fraction of sp³-hybridized carbons (Fsp3) is 0.625. The van der Waals surface area contributed by atoms with Gasteiger partial charge >= 0.3 is 0 Å². The molecule has 0 unspecified atom stereocenters. The highest BCUT2D eigenvalue weighted by Crippen LogP contribution is 2.17. The zero-order valence-corrected chi connectivity index (χ0v) is 13.3. The van der Waals surface area contributed by atoms with Gasteiger partial charge in [0.1, 0.15) is 5.82 Å². The normalized spacial score (nSPS) is 18.7. The molecule has 0 aromatic carbocycles. The van der Waals surface area contributed by atoms with Gasteiger partial charge < -0.3 is 9.88 Å². The topological polar surface area (TPSA) is 50.2 Å². The first-order chi connectivity index (χ1) is 10.1. The highest BCUT2D eigenvalue weighted by atomic mass is 16.1. The van der Waals surface area contributed by atoms with Gasteiger partial charge in [-0.1, -0.05) is 5.57 Å². The highest BCUT2D eigenvalue weighted by molar-refractivity contribution is 5.87. The van der Waals surface area contributed by atoms with Crippen LogP contribution in [-0.2, 0) is 17.9 Å². The average molecular weight is 290 g/mol. The lowest BCUT2D eigenvalue weighted by Gasteiger charge is -2.16. The summed E-state index contributed by atoms with van der Waals surface area (Å²) in [5.41, 5.74) is 1.03. The van der Waals surface area contributed by atoms with E-state index in [1.165, 1.54) is 0 Å². The molecule has 0 bridgehead atoms. The van der Waals surface area contributed by atoms with E-state index in [1.54, 1.807) is 6.08 Å². The first kappa shape index (κ1) is 15.8. The van der Waals surface area contributed by atoms with Gasteiger partial charge in [0, 0.05) is 38.1 Å². The summed E-state index contributed by atoms with van der Waals surface area (Å²) in [6, 6.07) is 0. The molecule has 0 saturated carbocycles. The van der Waals surface area contributed by atoms with Crippen LogP contribution in [0.25, 0.3) is 0 Å². The van der Waals surface area contributed by atoms with E-state index in [2.05, 4.69) is 26.7 Å². The lowest BCUT2D eigenvalue weighted by atomic mass is 10.1. The minimum Gasteiger partial charge on any atom is -0.352 e. The molecule has 0 spiro atoms. The van der Waals surface area contributed by atoms with Crippen LogP contribution in [0.4, 0.5) is 0 Å². The number of nitrogens with one attached hydrogen (secondary N) is 1. The van der Waals surface area contributed by atoms with Crippen molar-refractivity contribution in [3.63, 3.8) is 0 Å². The Bertz CT molecular complexity index is 502. The summed E-state index contributed by atoms with van der Waals surface area (Å²) in [5, 5.41) is 3.00. The van der Waals surface area contributed by atoms with Crippen LogP contribution in [0, 0.1) is 5.92 Å². The van der Waals surface area contributed by atoms with Gasteiger partial charge in [-0.15, -0.1) is 0 Å². The molecule has 5 heteroatoms. The van der Waals surface area contributed by atoms with Gasteiger partial charge in [0.15, 0.2) is 0 Å². The van der Waals surface area contributed by atoms with Gasteiger partial charge in [-0.2, -0.15) is 0 Å². The predicted octanol–water partition coefficient (Wildman–Crippen LogP) is 1.81. The molecule has 1 atom stereocenters. The second-order valence-electron chi connectivity index (χ2n) is 5.99. The Morgan fingerprint density at radius 3 is 3.05 bits per heavy atom. The second kappa shape index (κ2) is 7.41. The third kappa shape index (κ3) is 4.70. The van der Waals surface area contributed by atoms with E-state index in [1.807, 2.05) is 26.2 Å². The van der Waals surface area contributed by atoms with Crippen LogP contribution in [0.1, 0.15) is 33.0 Å². The summed E-state index contributed by atoms with van der Waals surface area (Å²) in [6.45, 7) is 10.8. The molecule has 1 aliphatic rings. The Morgan fingerprint density at radius 2 is 2.33 bits per heavy atom. The molecule has 21 heavy (non-hydrogen) atoms. The average Bonchev–Trinajstić information content (AvgIpc) is 3.05. The van der Waals surface area contributed by atoms with E-state index in [0.29, 0.717) is 5.92 Å². The van der Waals surface area contributed by atoms with E-state index in [4.69, 9.17) is 0 Å². The van der Waals surface area contributed by atoms with E-state index in [9.17, 15) is 4.79 Å². The quantitative estimate of drug-likeness (QED) is 0.813. The Labute approximate surface area is 127 Å². The minimum atomic E-state index is 0.0231. The molecule has 1 saturated heterocycles. The van der Waals surface area contributed by atoms with Crippen molar-refractivity contribution in [2.24, 2.45) is 5.92 Å². The Balaban J connectivity index is 1.76. The van der Waals surface area contributed by atoms with Gasteiger partial charge in [0.2, 0.25) is 5.91 Å². The number of carbonyl (C=O) groups is 1. The minimum absolute atomic E-state index is 0.0231. The van der Waals surface area contributed by atoms with Crippen molar-refractivity contribution in [1.82, 2.24) is 19.8 Å². The van der Waals surface area contributed by atoms with Crippen LogP contribution < -0.4 is 5.32 Å². The first-order valence-electron chi connectivity index (χ1n) is 7.73. The van der Waals surface area contributed by atoms with Crippen molar-refractivity contribution in [2.45, 2.75) is 40.3 Å². The lowest BCUT2D eigenvalue weighted by Crippen LogP contribution is -2.30. The van der Waals surface area contributed by atoms with Crippen LogP contribution in [0.15, 0.2) is 24.0 Å². The summed E-state index contributed by atoms with van der Waals surface area (Å²) in [6.07, 6.45) is 6.70. The second-order valence-corrected chi connectivity index (χ2v) is 5.99. The number of amides is 1. The molecule has 1 aliphatic heterocycles. The predicted molar refractivity (Wildman–Crippen MR) is 83.7 cm³/mol. The van der Waals surface area contributed by atoms with E-state index in [0.717, 1.165) is 50.5 Å². The fourth-order valence-electron chi connectivity index (χ4n) is 2.76. The number of likely N-dealkylation sites (tertiary alicyclic amines) is 1. The lowest BCUT2D eigenvalue weighted by molar-refractivity contribution is -0.116. The summed E-state index contributed by atoms with van der Waals surface area (Å²) in [4.78, 5) is 18.5. The Hall–Kier alpha value is -1.62. The summed E-state index contributed by atoms with van der Waals surface area (Å²) in [7, 11) is 0. The van der Waals surface area contributed by atoms with Gasteiger partial charge in [-0.05, 0) is 39.7 Å². The van der Waals surface area contributed by atoms with Gasteiger partial charge in [0.05, 0.1) is 6.54 Å². The largest absolute Gasteiger partial charge is 0.352 e. The number of rotatable bonds is 6. The molecule has 1 aromatic rings. The highest BCUT2D eigenvalue weighted by Gasteiger charge is 2.23. The van der Waals surface area contributed by atoms with Crippen molar-refractivity contribution >= 4 is 5.91 Å². The first-order valence-corrected chi connectivity index (χ1v) is 7.73. The Morgan fingerprint density at radius 1 is 1.52 bits per heavy atom. The number of imidazole rings is 1. The molecular formula is C16H26N4O. The number of aryl methyl sites for hydroxylation is 1. The van der Waals surface area contributed by atoms with Crippen molar-refractivity contribution in [3.8, 4) is 0 Å². The molecule has 1 aromatic heterocycles. The van der Waals surface area contributed by atoms with Crippen molar-refractivity contribution in [3.05, 3.63) is 29.9 Å². The smallest absolute Gasteiger partial charge is 0.243 e. The van der Waals surface area contributed by atoms with Crippen LogP contribution in [0.5, 0.6) is 0 Å². The maximum atomic E-state index is 11.6. The van der Waals surface area contributed by atoms with Crippen LogP contribution in [0.2, 0.25) is 0 Å². The van der Waals surface area contributed by atoms with Crippen molar-refractivity contribution < 1.29 is 4.79 Å². The van der Waals surface area contributed by atoms with Gasteiger partial charge in [-0.3, -0.25) is 9.69 Å². The van der Waals surface area contributed by atoms with Crippen LogP contribution in [0.3, 0.4) is 0 Å². The SMILES string of the molecule is CCn1ccnc1CN1CC[C@@H](CNC(=O)C=C(C)C)C1. The van der Waals surface area contributed by atoms with Crippen molar-refractivity contribution in [1.29, 1.82) is 0 Å². The zero-order chi connectivity index (χ0) is 15.2. The monoisotopic (exact) mass is 290 g/mol. The van der Waals surface area contributed by atoms with E-state index in [-0.39, 0.29) is 5.91 Å². The molecule has 1 N–H and O–H groups in total. The molecule has 2 heterocycles. The van der Waals surface area contributed by atoms with E-state index >= 15 is 0 Å². The molecule has 0 radical (unpaired) electrons. The summed E-state index contributed by atoms with van der Waals surface area (Å²) < 4.78 is 2.18. The summed E-state index contributed by atoms with van der Waals surface area (Å²) >= 11 is 0. The Kier molecular flexibility index (Phi) is 5.56. The maximum absolute atomic E-state index is 11.6. The summed E-state index contributed by atoms with van der Waals surface area (Å²) in [5.74, 6) is 1.70. The number of nitrogens with zero attached hydrogens (tertiary/aromatic N) is 3. The molecule has 2 rings (SSSR count). The zero-order valence-electron chi connectivity index (χ0n) is 13.3. The number of allylic oxidation sites excluding steroid dienone is 1. The number of aromatic nitrogens is 2. The molecule has 1 amide bonds. The molecular weight excluding hydrogens is 264 g/mol. The third-order valence-corrected chi connectivity index (χ3v) is 3.86. The van der Waals surface area contributed by atoms with Gasteiger partial charge in [-0.25, -0.2) is 4.98 Å². The number of hydrogen-bond donors (Lipinski definition) is 1.